The molecule has 77 heavy (non-hydrogen) atoms. The van der Waals surface area contributed by atoms with Crippen LogP contribution in [0.5, 0.6) is 0 Å². The van der Waals surface area contributed by atoms with Crippen LogP contribution in [0.25, 0.3) is 22.3 Å². The molecular formula is C74H81BN2. The Labute approximate surface area is 463 Å². The lowest BCUT2D eigenvalue weighted by Gasteiger charge is -2.48. The molecular weight excluding hydrogens is 928 g/mol. The second-order valence-electron chi connectivity index (χ2n) is 28.1. The van der Waals surface area contributed by atoms with Crippen molar-refractivity contribution in [1.82, 2.24) is 0 Å². The van der Waals surface area contributed by atoms with Gasteiger partial charge in [-0.2, -0.15) is 0 Å². The fourth-order valence-corrected chi connectivity index (χ4v) is 14.0. The third kappa shape index (κ3) is 8.35. The summed E-state index contributed by atoms with van der Waals surface area (Å²) in [5.41, 5.74) is 27.9. The Kier molecular flexibility index (Phi) is 11.8. The minimum Gasteiger partial charge on any atom is -0.311 e. The number of hydrogen-bond donors (Lipinski definition) is 0. The molecule has 0 atom stereocenters. The number of nitrogens with zero attached hydrogens (tertiary/aromatic N) is 2. The summed E-state index contributed by atoms with van der Waals surface area (Å²) in [6.45, 7) is 36.5. The predicted octanol–water partition coefficient (Wildman–Crippen LogP) is 18.5. The molecule has 0 radical (unpaired) electrons. The molecule has 0 fully saturated rings. The van der Waals surface area contributed by atoms with Gasteiger partial charge < -0.3 is 9.80 Å². The minimum atomic E-state index is -0.249. The van der Waals surface area contributed by atoms with Crippen LogP contribution in [0, 0.1) is 0 Å². The van der Waals surface area contributed by atoms with E-state index in [0.29, 0.717) is 0 Å². The molecule has 390 valence electrons. The maximum atomic E-state index is 2.74. The summed E-state index contributed by atoms with van der Waals surface area (Å²) in [7, 11) is 0. The van der Waals surface area contributed by atoms with Crippen molar-refractivity contribution in [3.63, 3.8) is 0 Å². The smallest absolute Gasteiger partial charge is 0.252 e. The Morgan fingerprint density at radius 2 is 0.909 bits per heavy atom. The zero-order valence-corrected chi connectivity index (χ0v) is 49.0. The zero-order chi connectivity index (χ0) is 54.4. The van der Waals surface area contributed by atoms with Crippen LogP contribution in [0.15, 0.2) is 164 Å². The van der Waals surface area contributed by atoms with Crippen molar-refractivity contribution in [3.05, 3.63) is 208 Å². The van der Waals surface area contributed by atoms with Crippen LogP contribution in [-0.4, -0.2) is 6.71 Å². The van der Waals surface area contributed by atoms with Gasteiger partial charge in [-0.25, -0.2) is 0 Å². The van der Waals surface area contributed by atoms with Crippen molar-refractivity contribution in [3.8, 4) is 22.3 Å². The lowest BCUT2D eigenvalue weighted by Crippen LogP contribution is -2.62. The summed E-state index contributed by atoms with van der Waals surface area (Å²) in [4.78, 5) is 5.43. The van der Waals surface area contributed by atoms with Crippen LogP contribution in [0.4, 0.5) is 34.1 Å². The fraction of sp³-hybridized carbons (Fsp3) is 0.351. The van der Waals surface area contributed by atoms with Crippen LogP contribution < -0.4 is 26.2 Å². The molecule has 2 aliphatic heterocycles. The van der Waals surface area contributed by atoms with Crippen LogP contribution >= 0.6 is 0 Å². The third-order valence-corrected chi connectivity index (χ3v) is 19.4. The van der Waals surface area contributed by atoms with Crippen LogP contribution in [0.1, 0.15) is 180 Å². The van der Waals surface area contributed by atoms with E-state index in [9.17, 15) is 0 Å². The summed E-state index contributed by atoms with van der Waals surface area (Å²) in [5, 5.41) is 0. The number of hydrogen-bond acceptors (Lipinski definition) is 2. The van der Waals surface area contributed by atoms with Crippen LogP contribution in [0.3, 0.4) is 0 Å². The van der Waals surface area contributed by atoms with E-state index in [-0.39, 0.29) is 45.1 Å². The van der Waals surface area contributed by atoms with E-state index >= 15 is 0 Å². The SMILES string of the molecule is CC(C)c1cc2c3c(c1)N(c1ccc(C(C)(C)C)cc1-c1ccc(-c4ccccc4)cc1)c1ccc(C(C)(C)c4ccccc4)cc1B3c1cc3c(cc1N2c1ccc2c(c1)C(C)(C)CCC2(C)C)C(C)(C)CCC3(C)C. The second kappa shape index (κ2) is 17.7. The molecule has 0 saturated carbocycles. The van der Waals surface area contributed by atoms with Crippen molar-refractivity contribution >= 4 is 57.2 Å². The fourth-order valence-electron chi connectivity index (χ4n) is 14.0. The van der Waals surface area contributed by atoms with Gasteiger partial charge in [0.05, 0.1) is 5.69 Å². The van der Waals surface area contributed by atoms with Crippen LogP contribution in [0.2, 0.25) is 0 Å². The quantitative estimate of drug-likeness (QED) is 0.147. The van der Waals surface area contributed by atoms with Gasteiger partial charge >= 0.3 is 0 Å². The molecule has 8 aromatic rings. The number of fused-ring (bicyclic) bond motifs is 6. The summed E-state index contributed by atoms with van der Waals surface area (Å²) >= 11 is 0. The Hall–Kier alpha value is -6.58. The lowest BCUT2D eigenvalue weighted by atomic mass is 9.32. The van der Waals surface area contributed by atoms with Gasteiger partial charge in [-0.15, -0.1) is 0 Å². The Balaban J connectivity index is 1.20. The van der Waals surface area contributed by atoms with Crippen molar-refractivity contribution in [2.45, 2.75) is 168 Å². The molecule has 12 rings (SSSR count). The molecule has 0 aromatic heterocycles. The van der Waals surface area contributed by atoms with Gasteiger partial charge in [-0.05, 0) is 185 Å². The van der Waals surface area contributed by atoms with Crippen molar-refractivity contribution in [1.29, 1.82) is 0 Å². The normalized spacial score (nSPS) is 17.5. The second-order valence-corrected chi connectivity index (χ2v) is 28.1. The molecule has 0 saturated heterocycles. The van der Waals surface area contributed by atoms with E-state index in [2.05, 4.69) is 277 Å². The van der Waals surface area contributed by atoms with E-state index in [4.69, 9.17) is 0 Å². The largest absolute Gasteiger partial charge is 0.311 e. The molecule has 0 bridgehead atoms. The molecule has 2 nitrogen and oxygen atoms in total. The van der Waals surface area contributed by atoms with E-state index in [0.717, 1.165) is 12.8 Å². The van der Waals surface area contributed by atoms with Gasteiger partial charge in [0.25, 0.3) is 6.71 Å². The summed E-state index contributed by atoms with van der Waals surface area (Å²) in [6.07, 6.45) is 4.68. The predicted molar refractivity (Wildman–Crippen MR) is 333 cm³/mol. The molecule has 0 amide bonds. The van der Waals surface area contributed by atoms with Gasteiger partial charge in [0, 0.05) is 39.4 Å². The van der Waals surface area contributed by atoms with E-state index in [1.807, 2.05) is 0 Å². The summed E-state index contributed by atoms with van der Waals surface area (Å²) in [6, 6.07) is 64.4. The molecule has 2 aliphatic carbocycles. The highest BCUT2D eigenvalue weighted by Gasteiger charge is 2.48. The van der Waals surface area contributed by atoms with E-state index in [1.165, 1.54) is 130 Å². The monoisotopic (exact) mass is 1010 g/mol. The van der Waals surface area contributed by atoms with Gasteiger partial charge in [0.2, 0.25) is 0 Å². The van der Waals surface area contributed by atoms with Crippen molar-refractivity contribution < 1.29 is 0 Å². The van der Waals surface area contributed by atoms with E-state index in [1.54, 1.807) is 0 Å². The van der Waals surface area contributed by atoms with Gasteiger partial charge in [0.15, 0.2) is 0 Å². The first-order valence-electron chi connectivity index (χ1n) is 29.0. The maximum Gasteiger partial charge on any atom is 0.252 e. The van der Waals surface area contributed by atoms with E-state index < -0.39 is 0 Å². The van der Waals surface area contributed by atoms with Crippen LogP contribution in [-0.2, 0) is 32.5 Å². The molecule has 3 heteroatoms. The molecule has 8 aromatic carbocycles. The van der Waals surface area contributed by atoms with Gasteiger partial charge in [-0.3, -0.25) is 0 Å². The summed E-state index contributed by atoms with van der Waals surface area (Å²) in [5.74, 6) is 0.287. The molecule has 0 unspecified atom stereocenters. The highest BCUT2D eigenvalue weighted by atomic mass is 15.2. The number of benzene rings is 8. The van der Waals surface area contributed by atoms with Crippen molar-refractivity contribution in [2.24, 2.45) is 0 Å². The molecule has 2 heterocycles. The van der Waals surface area contributed by atoms with Gasteiger partial charge in [-0.1, -0.05) is 219 Å². The first-order chi connectivity index (χ1) is 36.4. The van der Waals surface area contributed by atoms with Crippen molar-refractivity contribution in [2.75, 3.05) is 9.80 Å². The Bertz CT molecular complexity index is 3620. The highest BCUT2D eigenvalue weighted by molar-refractivity contribution is 7.00. The average Bonchev–Trinajstić information content (AvgIpc) is 3.54. The maximum absolute atomic E-state index is 2.74. The topological polar surface area (TPSA) is 6.48 Å². The Morgan fingerprint density at radius 1 is 0.403 bits per heavy atom. The molecule has 0 spiro atoms. The first-order valence-corrected chi connectivity index (χ1v) is 29.0. The number of anilines is 6. The third-order valence-electron chi connectivity index (χ3n) is 19.4. The average molecular weight is 1010 g/mol. The standard InChI is InChI=1S/C74H81BN2/c1-47(2)51-40-66-68-67(41-51)77(63-34-30-53(69(3,4)5)42-56(63)50-28-26-49(27-29-50)48-22-18-16-19-23-48)64-35-31-54(74(14,15)52-24-20-17-21-25-52)43-61(64)75(68)62-45-59-60(73(12,13)39-38-72(59,10)11)46-65(62)76(66)55-32-33-57-58(44-55)71(8,9)37-36-70(57,6)7/h16-35,40-47H,36-39H2,1-15H3. The number of rotatable bonds is 7. The first kappa shape index (κ1) is 51.2. The molecule has 0 N–H and O–H groups in total. The summed E-state index contributed by atoms with van der Waals surface area (Å²) < 4.78 is 0. The minimum absolute atomic E-state index is 0.0215. The Morgan fingerprint density at radius 3 is 1.52 bits per heavy atom. The van der Waals surface area contributed by atoms with Gasteiger partial charge in [0.1, 0.15) is 0 Å². The lowest BCUT2D eigenvalue weighted by molar-refractivity contribution is 0.332. The zero-order valence-electron chi connectivity index (χ0n) is 49.0. The molecule has 4 aliphatic rings. The highest BCUT2D eigenvalue weighted by Crippen LogP contribution is 2.54.